The first-order valence-electron chi connectivity index (χ1n) is 15.0. The predicted octanol–water partition coefficient (Wildman–Crippen LogP) is 5.42. The molecule has 3 aromatic rings. The van der Waals surface area contributed by atoms with Gasteiger partial charge in [-0.1, -0.05) is 73.9 Å². The fraction of sp³-hybridized carbons (Fsp3) is 0.412. The zero-order chi connectivity index (χ0) is 31.0. The number of sulfonamides is 1. The highest BCUT2D eigenvalue weighted by molar-refractivity contribution is 7.92. The minimum atomic E-state index is -4.18. The average Bonchev–Trinajstić information content (AvgIpc) is 3.51. The first kappa shape index (κ1) is 32.1. The van der Waals surface area contributed by atoms with Crippen LogP contribution in [0.1, 0.15) is 55.7 Å². The van der Waals surface area contributed by atoms with Gasteiger partial charge in [0.05, 0.1) is 17.7 Å². The van der Waals surface area contributed by atoms with Crippen LogP contribution >= 0.6 is 0 Å². The molecule has 1 aliphatic rings. The number of amides is 2. The highest BCUT2D eigenvalue weighted by Crippen LogP contribution is 2.34. The third-order valence-corrected chi connectivity index (χ3v) is 9.84. The summed E-state index contributed by atoms with van der Waals surface area (Å²) in [6, 6.07) is 20.9. The molecular formula is C34H43N3O5S. The van der Waals surface area contributed by atoms with E-state index in [-0.39, 0.29) is 29.1 Å². The van der Waals surface area contributed by atoms with Crippen molar-refractivity contribution in [2.75, 3.05) is 24.5 Å². The maximum absolute atomic E-state index is 14.3. The van der Waals surface area contributed by atoms with Gasteiger partial charge in [0.15, 0.2) is 0 Å². The van der Waals surface area contributed by atoms with Crippen molar-refractivity contribution >= 4 is 27.5 Å². The fourth-order valence-corrected chi connectivity index (χ4v) is 7.03. The molecule has 0 aromatic heterocycles. The normalized spacial score (nSPS) is 14.2. The number of anilines is 1. The molecule has 0 saturated heterocycles. The Hall–Kier alpha value is -3.85. The van der Waals surface area contributed by atoms with Gasteiger partial charge in [0.25, 0.3) is 10.0 Å². The van der Waals surface area contributed by atoms with Crippen LogP contribution in [0.25, 0.3) is 0 Å². The van der Waals surface area contributed by atoms with E-state index in [4.69, 9.17) is 4.74 Å². The standard InChI is InChI=1S/C34H43N3O5S/c1-5-30(34(39)35-28-13-9-10-14-28)36(22-21-27-11-7-6-8-12-27)33(38)24-37(31-23-26(3)17-20-32(31)42-4)43(40,41)29-18-15-25(2)16-19-29/h6-8,11-12,15-20,23,28,30H,5,9-10,13-14,21-22,24H2,1-4H3,(H,35,39). The Morgan fingerprint density at radius 3 is 2.23 bits per heavy atom. The van der Waals surface area contributed by atoms with Crippen molar-refractivity contribution in [2.24, 2.45) is 0 Å². The molecule has 0 aliphatic heterocycles. The van der Waals surface area contributed by atoms with E-state index >= 15 is 0 Å². The van der Waals surface area contributed by atoms with Crippen LogP contribution in [0.15, 0.2) is 77.7 Å². The molecule has 2 amide bonds. The second kappa shape index (κ2) is 14.6. The number of carbonyl (C=O) groups is 2. The number of methoxy groups -OCH3 is 1. The minimum absolute atomic E-state index is 0.0660. The number of benzene rings is 3. The summed E-state index contributed by atoms with van der Waals surface area (Å²) in [5.74, 6) is -0.323. The lowest BCUT2D eigenvalue weighted by Crippen LogP contribution is -2.54. The van der Waals surface area contributed by atoms with Crippen molar-refractivity contribution in [3.05, 3.63) is 89.5 Å². The van der Waals surface area contributed by atoms with Crippen LogP contribution in [0.2, 0.25) is 0 Å². The molecule has 230 valence electrons. The Morgan fingerprint density at radius 1 is 0.953 bits per heavy atom. The Kier molecular flexibility index (Phi) is 10.9. The molecule has 1 saturated carbocycles. The van der Waals surface area contributed by atoms with Crippen LogP contribution in [0.4, 0.5) is 5.69 Å². The van der Waals surface area contributed by atoms with Crippen molar-refractivity contribution in [1.29, 1.82) is 0 Å². The number of ether oxygens (including phenoxy) is 1. The van der Waals surface area contributed by atoms with Crippen molar-refractivity contribution in [2.45, 2.75) is 76.3 Å². The molecule has 8 nitrogen and oxygen atoms in total. The van der Waals surface area contributed by atoms with Crippen LogP contribution in [0.3, 0.4) is 0 Å². The van der Waals surface area contributed by atoms with Crippen LogP contribution in [0, 0.1) is 13.8 Å². The second-order valence-corrected chi connectivity index (χ2v) is 13.1. The SMILES string of the molecule is CCC(C(=O)NC1CCCC1)N(CCc1ccccc1)C(=O)CN(c1cc(C)ccc1OC)S(=O)(=O)c1ccc(C)cc1. The molecule has 3 aromatic carbocycles. The minimum Gasteiger partial charge on any atom is -0.495 e. The number of carbonyl (C=O) groups excluding carboxylic acids is 2. The molecule has 0 radical (unpaired) electrons. The number of rotatable bonds is 13. The first-order valence-corrected chi connectivity index (χ1v) is 16.5. The summed E-state index contributed by atoms with van der Waals surface area (Å²) in [6.07, 6.45) is 4.92. The molecular weight excluding hydrogens is 562 g/mol. The van der Waals surface area contributed by atoms with Gasteiger partial charge in [-0.05, 0) is 74.9 Å². The highest BCUT2D eigenvalue weighted by atomic mass is 32.2. The maximum Gasteiger partial charge on any atom is 0.264 e. The van der Waals surface area contributed by atoms with Gasteiger partial charge in [-0.3, -0.25) is 13.9 Å². The average molecular weight is 606 g/mol. The van der Waals surface area contributed by atoms with Gasteiger partial charge in [-0.15, -0.1) is 0 Å². The van der Waals surface area contributed by atoms with Crippen LogP contribution in [-0.2, 0) is 26.0 Å². The van der Waals surface area contributed by atoms with Gasteiger partial charge in [-0.2, -0.15) is 0 Å². The summed E-state index contributed by atoms with van der Waals surface area (Å²) >= 11 is 0. The Balaban J connectivity index is 1.72. The molecule has 1 fully saturated rings. The van der Waals surface area contributed by atoms with Crippen molar-refractivity contribution in [1.82, 2.24) is 10.2 Å². The predicted molar refractivity (Wildman–Crippen MR) is 170 cm³/mol. The summed E-state index contributed by atoms with van der Waals surface area (Å²) in [5.41, 5.74) is 3.02. The zero-order valence-electron chi connectivity index (χ0n) is 25.6. The number of nitrogens with one attached hydrogen (secondary N) is 1. The van der Waals surface area contributed by atoms with Gasteiger partial charge in [-0.25, -0.2) is 8.42 Å². The first-order chi connectivity index (χ1) is 20.6. The van der Waals surface area contributed by atoms with E-state index in [0.717, 1.165) is 46.7 Å². The quantitative estimate of drug-likeness (QED) is 0.281. The lowest BCUT2D eigenvalue weighted by Gasteiger charge is -2.34. The van der Waals surface area contributed by atoms with E-state index in [1.807, 2.05) is 57.2 Å². The van der Waals surface area contributed by atoms with E-state index in [9.17, 15) is 18.0 Å². The van der Waals surface area contributed by atoms with Gasteiger partial charge in [0, 0.05) is 12.6 Å². The lowest BCUT2D eigenvalue weighted by atomic mass is 10.1. The fourth-order valence-electron chi connectivity index (χ4n) is 5.61. The topological polar surface area (TPSA) is 96.0 Å². The summed E-state index contributed by atoms with van der Waals surface area (Å²) < 4.78 is 35.0. The van der Waals surface area contributed by atoms with Crippen molar-refractivity contribution in [3.63, 3.8) is 0 Å². The zero-order valence-corrected chi connectivity index (χ0v) is 26.4. The lowest BCUT2D eigenvalue weighted by molar-refractivity contribution is -0.139. The largest absolute Gasteiger partial charge is 0.495 e. The van der Waals surface area contributed by atoms with Crippen LogP contribution < -0.4 is 14.4 Å². The Bertz CT molecular complexity index is 1490. The van der Waals surface area contributed by atoms with Crippen molar-refractivity contribution in [3.8, 4) is 5.75 Å². The van der Waals surface area contributed by atoms with E-state index in [2.05, 4.69) is 5.32 Å². The van der Waals surface area contributed by atoms with Gasteiger partial charge >= 0.3 is 0 Å². The van der Waals surface area contributed by atoms with Gasteiger partial charge in [0.2, 0.25) is 11.8 Å². The summed E-state index contributed by atoms with van der Waals surface area (Å²) in [5, 5.41) is 3.15. The highest BCUT2D eigenvalue weighted by Gasteiger charge is 2.35. The molecule has 4 rings (SSSR count). The molecule has 0 bridgehead atoms. The Morgan fingerprint density at radius 2 is 1.60 bits per heavy atom. The molecule has 0 heterocycles. The van der Waals surface area contributed by atoms with E-state index in [0.29, 0.717) is 18.6 Å². The molecule has 0 spiro atoms. The molecule has 1 unspecified atom stereocenters. The smallest absolute Gasteiger partial charge is 0.264 e. The Labute approximate surface area is 256 Å². The summed E-state index contributed by atoms with van der Waals surface area (Å²) in [6.45, 7) is 5.40. The van der Waals surface area contributed by atoms with E-state index in [1.54, 1.807) is 41.3 Å². The van der Waals surface area contributed by atoms with Crippen LogP contribution in [0.5, 0.6) is 5.75 Å². The molecule has 43 heavy (non-hydrogen) atoms. The van der Waals surface area contributed by atoms with Crippen LogP contribution in [-0.4, -0.2) is 57.4 Å². The summed E-state index contributed by atoms with van der Waals surface area (Å²) in [7, 11) is -2.71. The third kappa shape index (κ3) is 7.96. The van der Waals surface area contributed by atoms with Crippen molar-refractivity contribution < 1.29 is 22.7 Å². The summed E-state index contributed by atoms with van der Waals surface area (Å²) in [4.78, 5) is 29.5. The molecule has 1 atom stereocenters. The number of hydrogen-bond donors (Lipinski definition) is 1. The number of nitrogens with zero attached hydrogens (tertiary/aromatic N) is 2. The van der Waals surface area contributed by atoms with Gasteiger partial charge < -0.3 is 15.0 Å². The monoisotopic (exact) mass is 605 g/mol. The second-order valence-electron chi connectivity index (χ2n) is 11.2. The number of hydrogen-bond acceptors (Lipinski definition) is 5. The van der Waals surface area contributed by atoms with E-state index in [1.165, 1.54) is 7.11 Å². The molecule has 1 N–H and O–H groups in total. The number of aryl methyl sites for hydroxylation is 2. The molecule has 1 aliphatic carbocycles. The third-order valence-electron chi connectivity index (χ3n) is 8.06. The van der Waals surface area contributed by atoms with Gasteiger partial charge in [0.1, 0.15) is 18.3 Å². The maximum atomic E-state index is 14.3. The molecule has 9 heteroatoms. The van der Waals surface area contributed by atoms with E-state index < -0.39 is 28.5 Å².